The lowest BCUT2D eigenvalue weighted by Crippen LogP contribution is -2.24. The smallest absolute Gasteiger partial charge is 0.150 e. The maximum Gasteiger partial charge on any atom is 0.150 e. The van der Waals surface area contributed by atoms with Gasteiger partial charge in [-0.3, -0.25) is 0 Å². The van der Waals surface area contributed by atoms with Crippen molar-refractivity contribution >= 4 is 22.9 Å². The molecule has 2 unspecified atom stereocenters. The van der Waals surface area contributed by atoms with E-state index in [0.29, 0.717) is 5.92 Å². The van der Waals surface area contributed by atoms with E-state index in [1.165, 1.54) is 0 Å². The van der Waals surface area contributed by atoms with Gasteiger partial charge in [0, 0.05) is 11.6 Å². The molecule has 0 heterocycles. The van der Waals surface area contributed by atoms with Crippen LogP contribution in [0.2, 0.25) is 0 Å². The van der Waals surface area contributed by atoms with Gasteiger partial charge in [0.2, 0.25) is 0 Å². The fourth-order valence-electron chi connectivity index (χ4n) is 1.58. The molecule has 1 rings (SSSR count). The Labute approximate surface area is 112 Å². The Morgan fingerprint density at radius 1 is 1.33 bits per heavy atom. The first-order valence-corrected chi connectivity index (χ1v) is 6.33. The largest absolute Gasteiger partial charge is 0.389 e. The summed E-state index contributed by atoms with van der Waals surface area (Å²) in [6.07, 6.45) is 0.933. The molecule has 0 saturated carbocycles. The molecule has 2 nitrogen and oxygen atoms in total. The fraction of sp³-hybridized carbons (Fsp3) is 0.462. The number of thiocarbonyl (C=S) groups is 1. The highest BCUT2D eigenvalue weighted by atomic mass is 32.1. The zero-order chi connectivity index (χ0) is 13.9. The predicted octanol–water partition coefficient (Wildman–Crippen LogP) is 3.45. The second-order valence-electron chi connectivity index (χ2n) is 4.50. The molecule has 0 amide bonds. The topological polar surface area (TPSA) is 38.0 Å². The van der Waals surface area contributed by atoms with Gasteiger partial charge in [-0.25, -0.2) is 8.78 Å². The van der Waals surface area contributed by atoms with Gasteiger partial charge in [-0.2, -0.15) is 0 Å². The van der Waals surface area contributed by atoms with Crippen LogP contribution in [0.5, 0.6) is 0 Å². The van der Waals surface area contributed by atoms with E-state index in [0.717, 1.165) is 18.6 Å². The number of halogens is 2. The highest BCUT2D eigenvalue weighted by molar-refractivity contribution is 7.80. The van der Waals surface area contributed by atoms with Gasteiger partial charge in [0.05, 0.1) is 0 Å². The predicted molar refractivity (Wildman–Crippen MR) is 74.8 cm³/mol. The monoisotopic (exact) mass is 272 g/mol. The molecule has 0 aliphatic heterocycles. The van der Waals surface area contributed by atoms with Crippen LogP contribution in [0.25, 0.3) is 0 Å². The Hall–Kier alpha value is -1.23. The molecule has 18 heavy (non-hydrogen) atoms. The van der Waals surface area contributed by atoms with Crippen molar-refractivity contribution in [3.8, 4) is 0 Å². The lowest BCUT2D eigenvalue weighted by Gasteiger charge is -2.22. The molecule has 0 bridgehead atoms. The number of benzene rings is 1. The van der Waals surface area contributed by atoms with E-state index in [-0.39, 0.29) is 22.3 Å². The molecule has 1 aromatic carbocycles. The molecular formula is C13H18F2N2S. The average molecular weight is 272 g/mol. The summed E-state index contributed by atoms with van der Waals surface area (Å²) < 4.78 is 27.6. The number of nitrogens with one attached hydrogen (secondary N) is 1. The number of hydrogen-bond acceptors (Lipinski definition) is 2. The zero-order valence-electron chi connectivity index (χ0n) is 10.8. The van der Waals surface area contributed by atoms with Crippen LogP contribution in [0.1, 0.15) is 32.8 Å². The Balaban J connectivity index is 3.00. The Bertz CT molecular complexity index is 426. The summed E-state index contributed by atoms with van der Waals surface area (Å²) in [4.78, 5) is -0.0191. The van der Waals surface area contributed by atoms with Crippen molar-refractivity contribution < 1.29 is 8.78 Å². The minimum Gasteiger partial charge on any atom is -0.389 e. The van der Waals surface area contributed by atoms with Crippen molar-refractivity contribution in [1.82, 2.24) is 0 Å². The van der Waals surface area contributed by atoms with Crippen LogP contribution in [0, 0.1) is 17.6 Å². The highest BCUT2D eigenvalue weighted by Gasteiger charge is 2.17. The van der Waals surface area contributed by atoms with Crippen LogP contribution in [0.3, 0.4) is 0 Å². The number of nitrogens with two attached hydrogens (primary N) is 1. The van der Waals surface area contributed by atoms with Gasteiger partial charge in [-0.05, 0) is 25.0 Å². The van der Waals surface area contributed by atoms with E-state index in [2.05, 4.69) is 5.32 Å². The summed E-state index contributed by atoms with van der Waals surface area (Å²) in [6.45, 7) is 5.96. The van der Waals surface area contributed by atoms with Gasteiger partial charge in [-0.15, -0.1) is 0 Å². The Morgan fingerprint density at radius 2 is 1.83 bits per heavy atom. The summed E-state index contributed by atoms with van der Waals surface area (Å²) in [7, 11) is 0. The van der Waals surface area contributed by atoms with E-state index in [1.54, 1.807) is 0 Å². The first kappa shape index (κ1) is 14.8. The van der Waals surface area contributed by atoms with Gasteiger partial charge >= 0.3 is 0 Å². The zero-order valence-corrected chi connectivity index (χ0v) is 11.6. The third kappa shape index (κ3) is 3.38. The summed E-state index contributed by atoms with van der Waals surface area (Å²) in [5.74, 6) is -1.03. The van der Waals surface area contributed by atoms with Gasteiger partial charge in [0.25, 0.3) is 0 Å². The first-order valence-electron chi connectivity index (χ1n) is 5.92. The van der Waals surface area contributed by atoms with Crippen molar-refractivity contribution in [2.75, 3.05) is 5.32 Å². The molecule has 0 radical (unpaired) electrons. The van der Waals surface area contributed by atoms with Crippen molar-refractivity contribution in [3.63, 3.8) is 0 Å². The molecule has 0 aromatic heterocycles. The molecule has 0 spiro atoms. The molecule has 0 aliphatic rings. The van der Waals surface area contributed by atoms with E-state index >= 15 is 0 Å². The maximum absolute atomic E-state index is 13.8. The molecule has 3 N–H and O–H groups in total. The number of hydrogen-bond donors (Lipinski definition) is 2. The minimum absolute atomic E-state index is 0.0188. The van der Waals surface area contributed by atoms with Gasteiger partial charge in [0.1, 0.15) is 22.3 Å². The van der Waals surface area contributed by atoms with Crippen LogP contribution in [0.4, 0.5) is 14.5 Å². The van der Waals surface area contributed by atoms with Crippen LogP contribution in [0.15, 0.2) is 12.1 Å². The number of anilines is 1. The lowest BCUT2D eigenvalue weighted by molar-refractivity contribution is 0.486. The summed E-state index contributed by atoms with van der Waals surface area (Å²) in [6, 6.07) is 2.28. The second-order valence-corrected chi connectivity index (χ2v) is 4.94. The molecule has 0 saturated heterocycles. The van der Waals surface area contributed by atoms with Gasteiger partial charge in [-0.1, -0.05) is 32.5 Å². The lowest BCUT2D eigenvalue weighted by atomic mass is 10.0. The summed E-state index contributed by atoms with van der Waals surface area (Å²) in [5.41, 5.74) is 5.42. The van der Waals surface area contributed by atoms with Crippen LogP contribution in [-0.2, 0) is 0 Å². The molecule has 0 fully saturated rings. The average Bonchev–Trinajstić information content (AvgIpc) is 2.31. The third-order valence-electron chi connectivity index (χ3n) is 3.20. The molecule has 5 heteroatoms. The summed E-state index contributed by atoms with van der Waals surface area (Å²) in [5, 5.41) is 2.86. The van der Waals surface area contributed by atoms with E-state index < -0.39 is 11.6 Å². The van der Waals surface area contributed by atoms with Crippen LogP contribution < -0.4 is 11.1 Å². The normalized spacial score (nSPS) is 14.1. The molecule has 2 atom stereocenters. The molecule has 100 valence electrons. The van der Waals surface area contributed by atoms with E-state index in [1.807, 2.05) is 20.8 Å². The van der Waals surface area contributed by atoms with Crippen LogP contribution in [-0.4, -0.2) is 11.0 Å². The standard InChI is InChI=1S/C13H18F2N2S/c1-4-7(2)8(3)17-12-10(14)5-9(13(16)18)6-11(12)15/h5-8,17H,4H2,1-3H3,(H2,16,18). The third-order valence-corrected chi connectivity index (χ3v) is 3.43. The van der Waals surface area contributed by atoms with Crippen molar-refractivity contribution in [3.05, 3.63) is 29.3 Å². The van der Waals surface area contributed by atoms with Gasteiger partial charge < -0.3 is 11.1 Å². The molecule has 1 aromatic rings. The highest BCUT2D eigenvalue weighted by Crippen LogP contribution is 2.23. The Morgan fingerprint density at radius 3 is 2.22 bits per heavy atom. The quantitative estimate of drug-likeness (QED) is 0.806. The van der Waals surface area contributed by atoms with Crippen LogP contribution >= 0.6 is 12.2 Å². The van der Waals surface area contributed by atoms with Gasteiger partial charge in [0.15, 0.2) is 0 Å². The van der Waals surface area contributed by atoms with E-state index in [9.17, 15) is 8.78 Å². The SMILES string of the molecule is CCC(C)C(C)Nc1c(F)cc(C(N)=S)cc1F. The molecule has 0 aliphatic carbocycles. The minimum atomic E-state index is -0.673. The van der Waals surface area contributed by atoms with Crippen molar-refractivity contribution in [2.24, 2.45) is 11.7 Å². The molecular weight excluding hydrogens is 254 g/mol. The number of rotatable bonds is 5. The summed E-state index contributed by atoms with van der Waals surface area (Å²) >= 11 is 4.70. The second kappa shape index (κ2) is 6.09. The van der Waals surface area contributed by atoms with Crippen molar-refractivity contribution in [2.45, 2.75) is 33.2 Å². The van der Waals surface area contributed by atoms with E-state index in [4.69, 9.17) is 18.0 Å². The Kier molecular flexibility index (Phi) is 5.02. The first-order chi connectivity index (χ1) is 8.36. The fourth-order valence-corrected chi connectivity index (χ4v) is 1.69. The maximum atomic E-state index is 13.8. The van der Waals surface area contributed by atoms with Crippen molar-refractivity contribution in [1.29, 1.82) is 0 Å².